The first-order valence-electron chi connectivity index (χ1n) is 6.62. The number of nitrogens with one attached hydrogen (secondary N) is 2. The highest BCUT2D eigenvalue weighted by molar-refractivity contribution is 7.91. The van der Waals surface area contributed by atoms with Gasteiger partial charge in [0.25, 0.3) is 0 Å². The number of halogens is 2. The van der Waals surface area contributed by atoms with Crippen molar-refractivity contribution in [1.29, 1.82) is 0 Å². The molecule has 3 rings (SSSR count). The highest BCUT2D eigenvalue weighted by atomic mass is 35.5. The third-order valence-electron chi connectivity index (χ3n) is 3.37. The molecule has 0 aliphatic carbocycles. The van der Waals surface area contributed by atoms with Crippen molar-refractivity contribution in [1.82, 2.24) is 10.0 Å². The third-order valence-corrected chi connectivity index (χ3v) is 6.59. The maximum atomic E-state index is 12.4. The minimum absolute atomic E-state index is 0. The quantitative estimate of drug-likeness (QED) is 0.803. The Morgan fingerprint density at radius 2 is 2.14 bits per heavy atom. The van der Waals surface area contributed by atoms with Gasteiger partial charge >= 0.3 is 0 Å². The monoisotopic (exact) mass is 378 g/mol. The Kier molecular flexibility index (Phi) is 5.87. The van der Waals surface area contributed by atoms with Crippen molar-refractivity contribution in [2.45, 2.75) is 10.6 Å². The lowest BCUT2D eigenvalue weighted by Crippen LogP contribution is -2.29. The Labute approximate surface area is 145 Å². The van der Waals surface area contributed by atoms with Crippen molar-refractivity contribution in [3.8, 4) is 0 Å². The Hall–Kier alpha value is -0.630. The van der Waals surface area contributed by atoms with Gasteiger partial charge in [0.05, 0.1) is 0 Å². The van der Waals surface area contributed by atoms with Crippen molar-refractivity contribution in [3.05, 3.63) is 40.9 Å². The molecule has 0 spiro atoms. The van der Waals surface area contributed by atoms with Gasteiger partial charge in [-0.3, -0.25) is 0 Å². The summed E-state index contributed by atoms with van der Waals surface area (Å²) in [5.41, 5.74) is 1.13. The first-order valence-corrected chi connectivity index (χ1v) is 9.30. The molecular formula is C14H16Cl2N2O2S2. The molecule has 1 aromatic heterocycles. The van der Waals surface area contributed by atoms with E-state index in [0.29, 0.717) is 15.8 Å². The van der Waals surface area contributed by atoms with Gasteiger partial charge in [0, 0.05) is 22.8 Å². The van der Waals surface area contributed by atoms with Gasteiger partial charge in [-0.2, -0.15) is 0 Å². The van der Waals surface area contributed by atoms with Crippen LogP contribution < -0.4 is 10.0 Å². The van der Waals surface area contributed by atoms with E-state index in [4.69, 9.17) is 11.6 Å². The molecule has 2 heterocycles. The molecule has 0 bridgehead atoms. The second-order valence-electron chi connectivity index (χ2n) is 4.89. The topological polar surface area (TPSA) is 58.2 Å². The number of hydrogen-bond acceptors (Lipinski definition) is 4. The van der Waals surface area contributed by atoms with Crippen molar-refractivity contribution >= 4 is 55.5 Å². The van der Waals surface area contributed by atoms with Crippen molar-refractivity contribution in [3.63, 3.8) is 0 Å². The molecule has 0 radical (unpaired) electrons. The van der Waals surface area contributed by atoms with Crippen LogP contribution >= 0.6 is 35.3 Å². The van der Waals surface area contributed by atoms with E-state index < -0.39 is 10.0 Å². The van der Waals surface area contributed by atoms with Gasteiger partial charge in [-0.1, -0.05) is 23.3 Å². The minimum atomic E-state index is -3.47. The second-order valence-corrected chi connectivity index (χ2v) is 8.40. The van der Waals surface area contributed by atoms with Crippen LogP contribution in [0.1, 0.15) is 6.42 Å². The van der Waals surface area contributed by atoms with Crippen molar-refractivity contribution in [2.75, 3.05) is 19.6 Å². The summed E-state index contributed by atoms with van der Waals surface area (Å²) in [5, 5.41) is 4.67. The number of fused-ring (bicyclic) bond motifs is 1. The molecule has 2 aromatic rings. The van der Waals surface area contributed by atoms with Crippen LogP contribution in [-0.2, 0) is 10.0 Å². The SMILES string of the molecule is Cl.O=S(=O)(NCC1=CCNCC1)c1cc2cc(Cl)ccc2s1. The fourth-order valence-corrected chi connectivity index (χ4v) is 4.85. The average molecular weight is 379 g/mol. The molecule has 0 saturated carbocycles. The predicted molar refractivity (Wildman–Crippen MR) is 94.8 cm³/mol. The fourth-order valence-electron chi connectivity index (χ4n) is 2.21. The molecule has 1 aliphatic heterocycles. The minimum Gasteiger partial charge on any atom is -0.313 e. The lowest BCUT2D eigenvalue weighted by atomic mass is 10.1. The first kappa shape index (κ1) is 17.7. The van der Waals surface area contributed by atoms with Crippen LogP contribution in [0.5, 0.6) is 0 Å². The highest BCUT2D eigenvalue weighted by Crippen LogP contribution is 2.30. The van der Waals surface area contributed by atoms with Crippen LogP contribution in [0.15, 0.2) is 40.1 Å². The standard InChI is InChI=1S/C14H15ClN2O2S2.ClH/c15-12-1-2-13-11(7-12)8-14(20-13)21(18,19)17-9-10-3-5-16-6-4-10;/h1-3,7-8,16-17H,4-6,9H2;1H. The van der Waals surface area contributed by atoms with Gasteiger partial charge in [0.15, 0.2) is 0 Å². The summed E-state index contributed by atoms with van der Waals surface area (Å²) >= 11 is 7.19. The highest BCUT2D eigenvalue weighted by Gasteiger charge is 2.18. The average Bonchev–Trinajstić information content (AvgIpc) is 2.90. The van der Waals surface area contributed by atoms with Gasteiger partial charge < -0.3 is 5.32 Å². The maximum absolute atomic E-state index is 12.4. The summed E-state index contributed by atoms with van der Waals surface area (Å²) in [6.45, 7) is 2.08. The Morgan fingerprint density at radius 3 is 2.86 bits per heavy atom. The van der Waals surface area contributed by atoms with Gasteiger partial charge in [0.1, 0.15) is 4.21 Å². The predicted octanol–water partition coefficient (Wildman–Crippen LogP) is 3.17. The Morgan fingerprint density at radius 1 is 1.32 bits per heavy atom. The van der Waals surface area contributed by atoms with Crippen LogP contribution in [0.25, 0.3) is 10.1 Å². The molecule has 8 heteroatoms. The summed E-state index contributed by atoms with van der Waals surface area (Å²) in [6, 6.07) is 7.06. The summed E-state index contributed by atoms with van der Waals surface area (Å²) in [4.78, 5) is 0. The van der Waals surface area contributed by atoms with Gasteiger partial charge in [-0.05, 0) is 42.6 Å². The first-order chi connectivity index (χ1) is 10.0. The van der Waals surface area contributed by atoms with Crippen LogP contribution in [0.3, 0.4) is 0 Å². The summed E-state index contributed by atoms with van der Waals surface area (Å²) in [5.74, 6) is 0. The summed E-state index contributed by atoms with van der Waals surface area (Å²) in [7, 11) is -3.47. The Balaban J connectivity index is 0.00000176. The molecular weight excluding hydrogens is 363 g/mol. The summed E-state index contributed by atoms with van der Waals surface area (Å²) < 4.78 is 28.6. The summed E-state index contributed by atoms with van der Waals surface area (Å²) in [6.07, 6.45) is 2.92. The van der Waals surface area contributed by atoms with Gasteiger partial charge in [-0.25, -0.2) is 13.1 Å². The Bertz CT molecular complexity index is 800. The van der Waals surface area contributed by atoms with E-state index >= 15 is 0 Å². The van der Waals surface area contributed by atoms with Crippen LogP contribution in [0, 0.1) is 0 Å². The molecule has 120 valence electrons. The molecule has 4 nitrogen and oxygen atoms in total. The normalized spacial score (nSPS) is 15.4. The zero-order valence-corrected chi connectivity index (χ0v) is 14.8. The number of benzene rings is 1. The molecule has 22 heavy (non-hydrogen) atoms. The lowest BCUT2D eigenvalue weighted by Gasteiger charge is -2.14. The number of hydrogen-bond donors (Lipinski definition) is 2. The van der Waals surface area contributed by atoms with Crippen molar-refractivity contribution < 1.29 is 8.42 Å². The van der Waals surface area contributed by atoms with E-state index in [2.05, 4.69) is 10.0 Å². The lowest BCUT2D eigenvalue weighted by molar-refractivity contribution is 0.584. The maximum Gasteiger partial charge on any atom is 0.250 e. The fraction of sp³-hybridized carbons (Fsp3) is 0.286. The molecule has 1 aliphatic rings. The van der Waals surface area contributed by atoms with Gasteiger partial charge in [-0.15, -0.1) is 23.7 Å². The van der Waals surface area contributed by atoms with E-state index in [9.17, 15) is 8.42 Å². The largest absolute Gasteiger partial charge is 0.313 e. The third kappa shape index (κ3) is 4.01. The van der Waals surface area contributed by atoms with E-state index in [1.54, 1.807) is 18.2 Å². The number of sulfonamides is 1. The van der Waals surface area contributed by atoms with E-state index in [0.717, 1.165) is 35.2 Å². The number of thiophene rings is 1. The second kappa shape index (κ2) is 7.29. The zero-order valence-electron chi connectivity index (χ0n) is 11.6. The van der Waals surface area contributed by atoms with E-state index in [-0.39, 0.29) is 12.4 Å². The molecule has 0 atom stereocenters. The van der Waals surface area contributed by atoms with E-state index in [1.807, 2.05) is 12.1 Å². The van der Waals surface area contributed by atoms with Crippen molar-refractivity contribution in [2.24, 2.45) is 0 Å². The molecule has 0 saturated heterocycles. The smallest absolute Gasteiger partial charge is 0.250 e. The van der Waals surface area contributed by atoms with Crippen LogP contribution in [0.2, 0.25) is 5.02 Å². The van der Waals surface area contributed by atoms with Gasteiger partial charge in [0.2, 0.25) is 10.0 Å². The molecule has 0 amide bonds. The van der Waals surface area contributed by atoms with E-state index in [1.165, 1.54) is 11.3 Å². The molecule has 2 N–H and O–H groups in total. The number of rotatable bonds is 4. The van der Waals surface area contributed by atoms with Crippen LogP contribution in [0.4, 0.5) is 0 Å². The molecule has 0 fully saturated rings. The molecule has 0 unspecified atom stereocenters. The zero-order chi connectivity index (χ0) is 14.9. The van der Waals surface area contributed by atoms with Crippen LogP contribution in [-0.4, -0.2) is 28.1 Å². The molecule has 1 aromatic carbocycles.